The van der Waals surface area contributed by atoms with Gasteiger partial charge in [0, 0.05) is 86.3 Å². The number of fused-ring (bicyclic) bond motifs is 4. The molecule has 4 unspecified atom stereocenters. The molecule has 12 nitrogen and oxygen atoms in total. The second-order valence-electron chi connectivity index (χ2n) is 35.8. The molecule has 4 atom stereocenters. The van der Waals surface area contributed by atoms with Crippen LogP contribution >= 0.6 is 0 Å². The second-order valence-corrected chi connectivity index (χ2v) is 79.1. The van der Waals surface area contributed by atoms with E-state index in [9.17, 15) is 10.2 Å². The summed E-state index contributed by atoms with van der Waals surface area (Å²) < 4.78 is 6.26. The van der Waals surface area contributed by atoms with E-state index in [2.05, 4.69) is 306 Å². The van der Waals surface area contributed by atoms with Gasteiger partial charge in [-0.2, -0.15) is 0 Å². The summed E-state index contributed by atoms with van der Waals surface area (Å²) in [6, 6.07) is 79.4. The van der Waals surface area contributed by atoms with Crippen LogP contribution in [0.1, 0.15) is 144 Å². The van der Waals surface area contributed by atoms with Crippen LogP contribution in [0.5, 0.6) is 0 Å². The molecule has 0 aliphatic rings. The van der Waals surface area contributed by atoms with E-state index in [1.54, 1.807) is 29.6 Å². The zero-order valence-electron chi connectivity index (χ0n) is 81.0. The number of hydrogen-bond donors (Lipinski definition) is 8. The molecular weight excluding hydrogens is 2540 g/mol. The average Bonchev–Trinajstić information content (AvgIpc) is 0.793. The normalized spacial score (nSPS) is 12.6. The topological polar surface area (TPSA) is 213 Å². The van der Waals surface area contributed by atoms with Gasteiger partial charge in [0.05, 0.1) is 47.5 Å². The molecule has 0 amide bonds. The Bertz CT molecular complexity index is 5260. The number of nitrogens with zero attached hydrogens (tertiary/aromatic N) is 4. The molecule has 8 aromatic carbocycles. The van der Waals surface area contributed by atoms with Gasteiger partial charge < -0.3 is 40.9 Å². The van der Waals surface area contributed by atoms with Gasteiger partial charge in [-0.05, 0) is 71.8 Å². The molecule has 4 heterocycles. The van der Waals surface area contributed by atoms with Gasteiger partial charge >= 0.3 is 568 Å². The number of aromatic nitrogens is 4. The number of aliphatic hydroxyl groups is 8. The number of aryl methyl sites for hydroxylation is 6. The summed E-state index contributed by atoms with van der Waals surface area (Å²) in [4.78, 5) is 19.6. The summed E-state index contributed by atoms with van der Waals surface area (Å²) in [7, 11) is 0. The van der Waals surface area contributed by atoms with Crippen molar-refractivity contribution in [3.63, 3.8) is 0 Å². The first-order chi connectivity index (χ1) is 58.2. The molecule has 0 fully saturated rings. The maximum atomic E-state index is 9.31. The second kappa shape index (κ2) is 57.7. The fourth-order valence-corrected chi connectivity index (χ4v) is 34.7. The summed E-state index contributed by atoms with van der Waals surface area (Å²) >= 11 is -7.43. The number of aliphatic hydroxyl groups excluding tert-OH is 8. The molecule has 0 aliphatic heterocycles. The molecule has 0 saturated heterocycles. The summed E-state index contributed by atoms with van der Waals surface area (Å²) in [5.74, 6) is 15.6. The van der Waals surface area contributed by atoms with Crippen LogP contribution in [0.2, 0.25) is 66.1 Å². The van der Waals surface area contributed by atoms with Crippen LogP contribution < -0.4 is 17.6 Å². The number of rotatable bonds is 20. The molecule has 4 radical (unpaired) electrons. The molecule has 700 valence electrons. The zero-order valence-corrected chi connectivity index (χ0v) is 99.0. The van der Waals surface area contributed by atoms with E-state index in [0.717, 1.165) is 78.2 Å². The largest absolute Gasteiger partial charge is 0 e. The van der Waals surface area contributed by atoms with Crippen molar-refractivity contribution in [1.82, 2.24) is 19.9 Å². The van der Waals surface area contributed by atoms with Crippen molar-refractivity contribution >= 4 is 114 Å². The zero-order chi connectivity index (χ0) is 92.7. The van der Waals surface area contributed by atoms with Gasteiger partial charge in [0.2, 0.25) is 0 Å². The van der Waals surface area contributed by atoms with Crippen LogP contribution in [0.4, 0.5) is 0 Å². The Kier molecular flexibility index (Phi) is 54.2. The van der Waals surface area contributed by atoms with Crippen molar-refractivity contribution in [3.8, 4) is 45.0 Å². The molecule has 8 N–H and O–H groups in total. The summed E-state index contributed by atoms with van der Waals surface area (Å²) in [5.41, 5.74) is 20.0. The molecule has 20 heteroatoms. The quantitative estimate of drug-likeness (QED) is 0.0203. The van der Waals surface area contributed by atoms with E-state index in [0.29, 0.717) is 0 Å². The standard InChI is InChI=1S/C23H28GeN.C21H24GeN.2C20H22GeN.C9H18O2.3C5H10O2.4Ir/c1-6-24(7-2,8-3)21-11-9-19-10-12-22(25-23(19)16-21)20-14-17(4)13-18(5)15-20;1-4-22(5-2,6-3)19-14-12-18-13-15-20(23-21(18)16-19)17-10-8-7-9-11-17;2*1-14-10-15(2)12-17(11-14)20-8-6-16-13-18(21(3,4)5)7-9-19(16)22-20;1-6(2)8(10)5-9(11)7(3)4;3*1-4(6)3-5(2)7;;;;/h9-14,16H,6-8H2,1-5H3;7-10,12-16H,4-6H2,1-3H3;2*6-11,13H,1-5H3;5-8,10-11H,1-4H3;3*3-4,6-7H,1-2H3;;;;/q4*-1;;;;;;;;. The van der Waals surface area contributed by atoms with Crippen LogP contribution in [-0.2, 0) is 80.4 Å². The Balaban J connectivity index is 0.000000760. The first-order valence-electron chi connectivity index (χ1n) is 44.1. The molecule has 0 aliphatic carbocycles. The van der Waals surface area contributed by atoms with Crippen LogP contribution in [0.25, 0.3) is 88.6 Å². The van der Waals surface area contributed by atoms with Crippen molar-refractivity contribution in [2.75, 3.05) is 0 Å². The predicted octanol–water partition coefficient (Wildman–Crippen LogP) is 25.8. The van der Waals surface area contributed by atoms with Gasteiger partial charge in [0.15, 0.2) is 0 Å². The van der Waals surface area contributed by atoms with Crippen LogP contribution in [0.15, 0.2) is 229 Å². The van der Waals surface area contributed by atoms with E-state index in [1.807, 2.05) is 45.9 Å². The third-order valence-electron chi connectivity index (χ3n) is 22.1. The van der Waals surface area contributed by atoms with E-state index >= 15 is 0 Å². The Morgan fingerprint density at radius 1 is 0.336 bits per heavy atom. The van der Waals surface area contributed by atoms with Gasteiger partial charge in [-0.15, -0.1) is 0 Å². The van der Waals surface area contributed by atoms with Gasteiger partial charge in [-0.25, -0.2) is 0 Å². The number of benzene rings is 8. The summed E-state index contributed by atoms with van der Waals surface area (Å²) in [6.45, 7) is 43.8. The smallest absolute Gasteiger partial charge is 0 e. The molecule has 0 saturated carbocycles. The molecule has 12 aromatic rings. The summed E-state index contributed by atoms with van der Waals surface area (Å²) in [5, 5.41) is 82.3. The predicted molar refractivity (Wildman–Crippen MR) is 543 cm³/mol. The Morgan fingerprint density at radius 2 is 0.625 bits per heavy atom. The molecule has 4 aromatic heterocycles. The Labute approximate surface area is 833 Å². The fraction of sp³-hybridized carbons (Fsp3) is 0.370. The maximum absolute atomic E-state index is 9.31. The first-order valence-corrected chi connectivity index (χ1v) is 69.8. The van der Waals surface area contributed by atoms with E-state index < -0.39 is 77.5 Å². The van der Waals surface area contributed by atoms with Gasteiger partial charge in [0.1, 0.15) is 0 Å². The van der Waals surface area contributed by atoms with Gasteiger partial charge in [-0.1, -0.05) is 27.7 Å². The van der Waals surface area contributed by atoms with Gasteiger partial charge in [-0.3, -0.25) is 0 Å². The van der Waals surface area contributed by atoms with Crippen molar-refractivity contribution in [2.24, 2.45) is 11.8 Å². The Hall–Kier alpha value is -5.83. The molecule has 12 rings (SSSR count). The molecule has 0 bridgehead atoms. The van der Waals surface area contributed by atoms with Crippen molar-refractivity contribution < 1.29 is 121 Å². The van der Waals surface area contributed by atoms with E-state index in [-0.39, 0.29) is 115 Å². The van der Waals surface area contributed by atoms with Crippen molar-refractivity contribution in [2.45, 2.75) is 243 Å². The SMILES string of the molecule is CC(C)C(O)=CC(O)C(C)C.CC(O)=CC(C)O.CC(O)=CC(C)O.CC(O)=CC(C)O.C[CH2][Ge]([CH2]C)([CH2]C)[c]1ccc2ccc(-c3[c-]c(C)cc(C)c3)nc2c1.C[CH2][Ge]([CH2]C)([CH2]C)[c]1ccc2ccc(-c3[c-]cccc3)nc2c1.Cc1[c-]c(-c2ccc3c[c]([Ge]([CH3])([CH3])[CH3])ccc3n2)cc(C)c1.Cc1[c-]c(-c2ccc3c[c]([Ge]([CH3])([CH3])[CH3])ccc3n2)cc(C)c1.[Ir].[Ir].[Ir].[Ir]. The minimum absolute atomic E-state index is 0. The minimum atomic E-state index is -1.95. The minimum Gasteiger partial charge on any atom is 0 e. The number of hydrogen-bond acceptors (Lipinski definition) is 12. The average molecular weight is 2690 g/mol. The first kappa shape index (κ1) is 120. The monoisotopic (exact) mass is 2690 g/mol. The van der Waals surface area contributed by atoms with Crippen LogP contribution in [0, 0.1) is 77.6 Å². The Morgan fingerprint density at radius 3 is 0.875 bits per heavy atom. The fourth-order valence-electron chi connectivity index (χ4n) is 14.7. The number of allylic oxidation sites excluding steroid dienone is 4. The third kappa shape index (κ3) is 39.4. The van der Waals surface area contributed by atoms with E-state index in [4.69, 9.17) is 50.6 Å². The summed E-state index contributed by atoms with van der Waals surface area (Å²) in [6.07, 6.45) is 3.45. The van der Waals surface area contributed by atoms with E-state index in [1.165, 1.54) is 129 Å². The van der Waals surface area contributed by atoms with Crippen LogP contribution in [-0.4, -0.2) is 138 Å². The third-order valence-corrected chi connectivity index (χ3v) is 54.2. The van der Waals surface area contributed by atoms with Crippen LogP contribution in [0.3, 0.4) is 0 Å². The molecule has 128 heavy (non-hydrogen) atoms. The molecule has 0 spiro atoms. The molecular formula is C108H144Ge4Ir4N4O8-4. The van der Waals surface area contributed by atoms with Crippen molar-refractivity contribution in [1.29, 1.82) is 0 Å². The van der Waals surface area contributed by atoms with Crippen molar-refractivity contribution in [3.05, 3.63) is 287 Å². The maximum Gasteiger partial charge on any atom is 0 e. The van der Waals surface area contributed by atoms with Gasteiger partial charge in [0.25, 0.3) is 0 Å². The number of pyridine rings is 4.